The predicted octanol–water partition coefficient (Wildman–Crippen LogP) is 0.936. The van der Waals surface area contributed by atoms with Crippen molar-refractivity contribution in [3.8, 4) is 0 Å². The summed E-state index contributed by atoms with van der Waals surface area (Å²) in [5, 5.41) is 13.4. The standard InChI is InChI=1S/C10H18N2O2/c13-10(14)9-5-4-7-11-6-2-1-3-8-12(9)11/h9H,1-8H2,(H,13,14). The van der Waals surface area contributed by atoms with Crippen molar-refractivity contribution < 1.29 is 9.90 Å². The predicted molar refractivity (Wildman–Crippen MR) is 52.8 cm³/mol. The smallest absolute Gasteiger partial charge is 0.322 e. The molecule has 0 spiro atoms. The maximum Gasteiger partial charge on any atom is 0.322 e. The van der Waals surface area contributed by atoms with Gasteiger partial charge in [-0.3, -0.25) is 4.79 Å². The summed E-state index contributed by atoms with van der Waals surface area (Å²) in [5.41, 5.74) is 0. The van der Waals surface area contributed by atoms with Crippen LogP contribution in [0.1, 0.15) is 32.1 Å². The maximum atomic E-state index is 11.1. The quantitative estimate of drug-likeness (QED) is 0.681. The van der Waals surface area contributed by atoms with Crippen molar-refractivity contribution in [2.24, 2.45) is 0 Å². The summed E-state index contributed by atoms with van der Waals surface area (Å²) in [6, 6.07) is -0.262. The van der Waals surface area contributed by atoms with Crippen LogP contribution in [0.2, 0.25) is 0 Å². The van der Waals surface area contributed by atoms with Gasteiger partial charge in [-0.05, 0) is 25.7 Å². The van der Waals surface area contributed by atoms with Crippen LogP contribution in [0.4, 0.5) is 0 Å². The molecule has 4 heteroatoms. The number of carboxylic acid groups (broad SMARTS) is 1. The van der Waals surface area contributed by atoms with Gasteiger partial charge >= 0.3 is 5.97 Å². The van der Waals surface area contributed by atoms with Gasteiger partial charge in [0.2, 0.25) is 0 Å². The van der Waals surface area contributed by atoms with E-state index in [2.05, 4.69) is 10.0 Å². The Kier molecular flexibility index (Phi) is 3.03. The molecule has 80 valence electrons. The number of carbonyl (C=O) groups is 1. The number of carboxylic acids is 1. The molecule has 2 rings (SSSR count). The van der Waals surface area contributed by atoms with Gasteiger partial charge in [0.05, 0.1) is 0 Å². The van der Waals surface area contributed by atoms with E-state index < -0.39 is 5.97 Å². The fraction of sp³-hybridized carbons (Fsp3) is 0.900. The summed E-state index contributed by atoms with van der Waals surface area (Å²) < 4.78 is 0. The minimum absolute atomic E-state index is 0.262. The summed E-state index contributed by atoms with van der Waals surface area (Å²) in [4.78, 5) is 11.1. The normalized spacial score (nSPS) is 30.7. The molecule has 2 aliphatic rings. The lowest BCUT2D eigenvalue weighted by Crippen LogP contribution is -2.55. The average Bonchev–Trinajstić information content (AvgIpc) is 2.41. The average molecular weight is 198 g/mol. The third-order valence-corrected chi connectivity index (χ3v) is 3.21. The molecule has 0 radical (unpaired) electrons. The Morgan fingerprint density at radius 1 is 1.07 bits per heavy atom. The molecule has 2 fully saturated rings. The van der Waals surface area contributed by atoms with Crippen LogP contribution in [0.3, 0.4) is 0 Å². The SMILES string of the molecule is O=C(O)C1CCCN2CCCCCN12. The third-order valence-electron chi connectivity index (χ3n) is 3.21. The number of nitrogens with zero attached hydrogens (tertiary/aromatic N) is 2. The van der Waals surface area contributed by atoms with E-state index in [9.17, 15) is 4.79 Å². The molecule has 0 aliphatic carbocycles. The van der Waals surface area contributed by atoms with Crippen LogP contribution in [0, 0.1) is 0 Å². The van der Waals surface area contributed by atoms with Gasteiger partial charge < -0.3 is 5.11 Å². The van der Waals surface area contributed by atoms with Crippen LogP contribution in [-0.4, -0.2) is 46.8 Å². The van der Waals surface area contributed by atoms with E-state index >= 15 is 0 Å². The molecule has 1 unspecified atom stereocenters. The zero-order valence-electron chi connectivity index (χ0n) is 8.48. The first-order valence-electron chi connectivity index (χ1n) is 5.53. The first-order valence-corrected chi connectivity index (χ1v) is 5.53. The Morgan fingerprint density at radius 3 is 2.57 bits per heavy atom. The van der Waals surface area contributed by atoms with Crippen molar-refractivity contribution in [3.05, 3.63) is 0 Å². The highest BCUT2D eigenvalue weighted by molar-refractivity contribution is 5.73. The highest BCUT2D eigenvalue weighted by Gasteiger charge is 2.33. The fourth-order valence-corrected chi connectivity index (χ4v) is 2.48. The van der Waals surface area contributed by atoms with Gasteiger partial charge in [0.1, 0.15) is 6.04 Å². The van der Waals surface area contributed by atoms with Crippen LogP contribution in [0.25, 0.3) is 0 Å². The molecule has 0 amide bonds. The van der Waals surface area contributed by atoms with Crippen LogP contribution in [0.5, 0.6) is 0 Å². The zero-order valence-corrected chi connectivity index (χ0v) is 8.48. The molecule has 0 aromatic carbocycles. The topological polar surface area (TPSA) is 43.8 Å². The van der Waals surface area contributed by atoms with E-state index in [0.717, 1.165) is 38.9 Å². The van der Waals surface area contributed by atoms with Crippen molar-refractivity contribution >= 4 is 5.97 Å². The Hall–Kier alpha value is -0.610. The Bertz CT molecular complexity index is 220. The molecular weight excluding hydrogens is 180 g/mol. The van der Waals surface area contributed by atoms with Crippen molar-refractivity contribution in [1.29, 1.82) is 0 Å². The first kappa shape index (κ1) is 9.93. The van der Waals surface area contributed by atoms with E-state index in [1.54, 1.807) is 0 Å². The molecule has 2 aliphatic heterocycles. The molecule has 0 aromatic heterocycles. The molecule has 0 aromatic rings. The molecule has 1 atom stereocenters. The Morgan fingerprint density at radius 2 is 1.79 bits per heavy atom. The highest BCUT2D eigenvalue weighted by Crippen LogP contribution is 2.22. The summed E-state index contributed by atoms with van der Waals surface area (Å²) in [6.45, 7) is 3.02. The minimum Gasteiger partial charge on any atom is -0.480 e. The minimum atomic E-state index is -0.656. The largest absolute Gasteiger partial charge is 0.480 e. The second kappa shape index (κ2) is 4.28. The number of hydrazine groups is 1. The molecule has 14 heavy (non-hydrogen) atoms. The number of fused-ring (bicyclic) bond motifs is 1. The summed E-state index contributed by atoms with van der Waals surface area (Å²) in [6.07, 6.45) is 5.42. The Labute approximate surface area is 84.5 Å². The van der Waals surface area contributed by atoms with Crippen molar-refractivity contribution in [1.82, 2.24) is 10.0 Å². The van der Waals surface area contributed by atoms with E-state index in [4.69, 9.17) is 5.11 Å². The number of hydrogen-bond donors (Lipinski definition) is 1. The van der Waals surface area contributed by atoms with Gasteiger partial charge in [-0.15, -0.1) is 0 Å². The van der Waals surface area contributed by atoms with Gasteiger partial charge in [0, 0.05) is 19.6 Å². The van der Waals surface area contributed by atoms with Crippen LogP contribution < -0.4 is 0 Å². The van der Waals surface area contributed by atoms with Gasteiger partial charge in [-0.2, -0.15) is 0 Å². The molecule has 0 saturated carbocycles. The van der Waals surface area contributed by atoms with E-state index in [1.807, 2.05) is 0 Å². The number of aliphatic carboxylic acids is 1. The van der Waals surface area contributed by atoms with E-state index in [-0.39, 0.29) is 6.04 Å². The van der Waals surface area contributed by atoms with Gasteiger partial charge in [0.15, 0.2) is 0 Å². The molecule has 2 saturated heterocycles. The molecule has 2 heterocycles. The monoisotopic (exact) mass is 198 g/mol. The molecule has 0 bridgehead atoms. The maximum absolute atomic E-state index is 11.1. The van der Waals surface area contributed by atoms with E-state index in [1.165, 1.54) is 12.8 Å². The summed E-state index contributed by atoms with van der Waals surface area (Å²) in [7, 11) is 0. The lowest BCUT2D eigenvalue weighted by molar-refractivity contribution is -0.158. The molecule has 4 nitrogen and oxygen atoms in total. The third kappa shape index (κ3) is 1.91. The Balaban J connectivity index is 2.08. The first-order chi connectivity index (χ1) is 6.79. The lowest BCUT2D eigenvalue weighted by Gasteiger charge is -2.41. The van der Waals surface area contributed by atoms with Crippen molar-refractivity contribution in [2.75, 3.05) is 19.6 Å². The van der Waals surface area contributed by atoms with Crippen molar-refractivity contribution in [3.63, 3.8) is 0 Å². The second-order valence-electron chi connectivity index (χ2n) is 4.17. The van der Waals surface area contributed by atoms with Gasteiger partial charge in [0.25, 0.3) is 0 Å². The van der Waals surface area contributed by atoms with E-state index in [0.29, 0.717) is 0 Å². The van der Waals surface area contributed by atoms with Crippen LogP contribution in [-0.2, 0) is 4.79 Å². The van der Waals surface area contributed by atoms with Crippen molar-refractivity contribution in [2.45, 2.75) is 38.1 Å². The second-order valence-corrected chi connectivity index (χ2v) is 4.17. The molecular formula is C10H18N2O2. The van der Waals surface area contributed by atoms with Crippen LogP contribution >= 0.6 is 0 Å². The highest BCUT2D eigenvalue weighted by atomic mass is 16.4. The number of hydrogen-bond acceptors (Lipinski definition) is 3. The van der Waals surface area contributed by atoms with Crippen LogP contribution in [0.15, 0.2) is 0 Å². The fourth-order valence-electron chi connectivity index (χ4n) is 2.48. The molecule has 1 N–H and O–H groups in total. The van der Waals surface area contributed by atoms with Gasteiger partial charge in [-0.25, -0.2) is 10.0 Å². The lowest BCUT2D eigenvalue weighted by atomic mass is 10.1. The summed E-state index contributed by atoms with van der Waals surface area (Å²) >= 11 is 0. The number of rotatable bonds is 1. The zero-order chi connectivity index (χ0) is 9.97. The summed E-state index contributed by atoms with van der Waals surface area (Å²) in [5.74, 6) is -0.656. The van der Waals surface area contributed by atoms with Gasteiger partial charge in [-0.1, -0.05) is 6.42 Å².